The second-order valence-corrected chi connectivity index (χ2v) is 4.66. The van der Waals surface area contributed by atoms with Crippen LogP contribution in [0.2, 0.25) is 0 Å². The Balaban J connectivity index is 1.98. The summed E-state index contributed by atoms with van der Waals surface area (Å²) < 4.78 is 13.3. The van der Waals surface area contributed by atoms with Gasteiger partial charge in [-0.05, 0) is 35.9 Å². The van der Waals surface area contributed by atoms with Gasteiger partial charge in [-0.2, -0.15) is 5.26 Å². The van der Waals surface area contributed by atoms with Gasteiger partial charge in [0.25, 0.3) is 11.8 Å². The van der Waals surface area contributed by atoms with Crippen molar-refractivity contribution in [2.45, 2.75) is 6.54 Å². The van der Waals surface area contributed by atoms with E-state index < -0.39 is 17.6 Å². The van der Waals surface area contributed by atoms with Gasteiger partial charge in [0.2, 0.25) is 0 Å². The quantitative estimate of drug-likeness (QED) is 0.794. The lowest BCUT2D eigenvalue weighted by atomic mass is 10.1. The second-order valence-electron chi connectivity index (χ2n) is 4.66. The minimum absolute atomic E-state index is 0.118. The Morgan fingerprint density at radius 1 is 1.05 bits per heavy atom. The smallest absolute Gasteiger partial charge is 0.261 e. The maximum absolute atomic E-state index is 13.3. The highest BCUT2D eigenvalue weighted by Crippen LogP contribution is 2.25. The van der Waals surface area contributed by atoms with Crippen molar-refractivity contribution in [1.82, 2.24) is 4.90 Å². The normalized spacial score (nSPS) is 13.2. The Labute approximate surface area is 120 Å². The molecule has 1 aliphatic heterocycles. The lowest BCUT2D eigenvalue weighted by molar-refractivity contribution is 0.0642. The first-order valence-electron chi connectivity index (χ1n) is 6.25. The van der Waals surface area contributed by atoms with Gasteiger partial charge in [0.1, 0.15) is 5.82 Å². The molecule has 0 N–H and O–H groups in total. The Morgan fingerprint density at radius 2 is 1.67 bits per heavy atom. The fourth-order valence-electron chi connectivity index (χ4n) is 2.36. The molecule has 0 unspecified atom stereocenters. The van der Waals surface area contributed by atoms with Gasteiger partial charge in [-0.15, -0.1) is 0 Å². The lowest BCUT2D eigenvalue weighted by Crippen LogP contribution is -2.29. The predicted octanol–water partition coefficient (Wildman–Crippen LogP) is 2.49. The molecule has 0 atom stereocenters. The zero-order valence-corrected chi connectivity index (χ0v) is 10.8. The molecule has 0 radical (unpaired) electrons. The highest BCUT2D eigenvalue weighted by molar-refractivity contribution is 6.21. The summed E-state index contributed by atoms with van der Waals surface area (Å²) in [5.74, 6) is -1.37. The average molecular weight is 280 g/mol. The van der Waals surface area contributed by atoms with Crippen molar-refractivity contribution in [3.05, 3.63) is 70.5 Å². The van der Waals surface area contributed by atoms with Gasteiger partial charge in [0.15, 0.2) is 0 Å². The van der Waals surface area contributed by atoms with Gasteiger partial charge >= 0.3 is 0 Å². The molecule has 21 heavy (non-hydrogen) atoms. The Kier molecular flexibility index (Phi) is 2.99. The van der Waals surface area contributed by atoms with Crippen LogP contribution in [0.4, 0.5) is 4.39 Å². The second kappa shape index (κ2) is 4.84. The van der Waals surface area contributed by atoms with E-state index in [1.807, 2.05) is 6.07 Å². The van der Waals surface area contributed by atoms with E-state index in [0.717, 1.165) is 4.90 Å². The SMILES string of the molecule is N#Cc1ccc(F)cc1CN1C(=O)c2ccccc2C1=O. The Bertz CT molecular complexity index is 773. The molecule has 0 fully saturated rings. The van der Waals surface area contributed by atoms with Gasteiger partial charge in [0, 0.05) is 0 Å². The molecule has 0 aromatic heterocycles. The molecular weight excluding hydrogens is 271 g/mol. The lowest BCUT2D eigenvalue weighted by Gasteiger charge is -2.14. The van der Waals surface area contributed by atoms with Crippen molar-refractivity contribution < 1.29 is 14.0 Å². The standard InChI is InChI=1S/C16H9FN2O2/c17-12-6-5-10(8-18)11(7-12)9-19-15(20)13-3-1-2-4-14(13)16(19)21/h1-7H,9H2. The molecule has 2 amide bonds. The summed E-state index contributed by atoms with van der Waals surface area (Å²) in [7, 11) is 0. The summed E-state index contributed by atoms with van der Waals surface area (Å²) in [6.07, 6.45) is 0. The van der Waals surface area contributed by atoms with Crippen LogP contribution in [0.1, 0.15) is 31.8 Å². The average Bonchev–Trinajstić information content (AvgIpc) is 2.73. The summed E-state index contributed by atoms with van der Waals surface area (Å²) >= 11 is 0. The van der Waals surface area contributed by atoms with E-state index in [2.05, 4.69) is 0 Å². The molecule has 0 aliphatic carbocycles. The van der Waals surface area contributed by atoms with E-state index in [1.54, 1.807) is 24.3 Å². The number of amides is 2. The van der Waals surface area contributed by atoms with Crippen LogP contribution in [-0.4, -0.2) is 16.7 Å². The maximum atomic E-state index is 13.3. The van der Waals surface area contributed by atoms with Crippen molar-refractivity contribution in [3.63, 3.8) is 0 Å². The van der Waals surface area contributed by atoms with E-state index >= 15 is 0 Å². The molecule has 3 rings (SSSR count). The molecule has 0 bridgehead atoms. The van der Waals surface area contributed by atoms with Crippen LogP contribution in [0.3, 0.4) is 0 Å². The predicted molar refractivity (Wildman–Crippen MR) is 71.8 cm³/mol. The summed E-state index contributed by atoms with van der Waals surface area (Å²) in [5.41, 5.74) is 1.22. The summed E-state index contributed by atoms with van der Waals surface area (Å²) in [4.78, 5) is 25.5. The fraction of sp³-hybridized carbons (Fsp3) is 0.0625. The number of rotatable bonds is 2. The number of benzene rings is 2. The van der Waals surface area contributed by atoms with Crippen LogP contribution in [0.15, 0.2) is 42.5 Å². The zero-order chi connectivity index (χ0) is 15.0. The summed E-state index contributed by atoms with van der Waals surface area (Å²) in [5, 5.41) is 9.03. The van der Waals surface area contributed by atoms with Gasteiger partial charge in [-0.3, -0.25) is 14.5 Å². The number of hydrogen-bond acceptors (Lipinski definition) is 3. The van der Waals surface area contributed by atoms with Crippen molar-refractivity contribution in [3.8, 4) is 6.07 Å². The molecule has 0 saturated heterocycles. The Morgan fingerprint density at radius 3 is 2.24 bits per heavy atom. The third kappa shape index (κ3) is 2.07. The highest BCUT2D eigenvalue weighted by Gasteiger charge is 2.35. The van der Waals surface area contributed by atoms with Crippen LogP contribution in [0.5, 0.6) is 0 Å². The number of carbonyl (C=O) groups is 2. The van der Waals surface area contributed by atoms with Crippen molar-refractivity contribution >= 4 is 11.8 Å². The number of nitriles is 1. The monoisotopic (exact) mass is 280 g/mol. The van der Waals surface area contributed by atoms with Crippen LogP contribution < -0.4 is 0 Å². The largest absolute Gasteiger partial charge is 0.270 e. The third-order valence-electron chi connectivity index (χ3n) is 3.39. The fourth-order valence-corrected chi connectivity index (χ4v) is 2.36. The molecule has 102 valence electrons. The molecule has 2 aromatic rings. The van der Waals surface area contributed by atoms with Crippen LogP contribution in [-0.2, 0) is 6.54 Å². The third-order valence-corrected chi connectivity index (χ3v) is 3.39. The minimum atomic E-state index is -0.513. The van der Waals surface area contributed by atoms with E-state index in [1.165, 1.54) is 18.2 Å². The van der Waals surface area contributed by atoms with Crippen molar-refractivity contribution in [2.75, 3.05) is 0 Å². The van der Waals surface area contributed by atoms with E-state index in [9.17, 15) is 14.0 Å². The first kappa shape index (κ1) is 13.0. The molecule has 0 saturated carbocycles. The van der Waals surface area contributed by atoms with Crippen LogP contribution in [0, 0.1) is 17.1 Å². The van der Waals surface area contributed by atoms with Gasteiger partial charge in [-0.1, -0.05) is 12.1 Å². The number of halogens is 1. The molecule has 1 aliphatic rings. The summed E-state index contributed by atoms with van der Waals surface area (Å²) in [6, 6.07) is 12.1. The van der Waals surface area contributed by atoms with E-state index in [4.69, 9.17) is 5.26 Å². The molecule has 2 aromatic carbocycles. The first-order valence-corrected chi connectivity index (χ1v) is 6.25. The number of nitrogens with zero attached hydrogens (tertiary/aromatic N) is 2. The zero-order valence-electron chi connectivity index (χ0n) is 10.8. The number of carbonyl (C=O) groups excluding carboxylic acids is 2. The molecule has 0 spiro atoms. The topological polar surface area (TPSA) is 61.2 Å². The number of imide groups is 1. The highest BCUT2D eigenvalue weighted by atomic mass is 19.1. The summed E-state index contributed by atoms with van der Waals surface area (Å²) in [6.45, 7) is -0.118. The number of fused-ring (bicyclic) bond motifs is 1. The molecule has 4 nitrogen and oxygen atoms in total. The van der Waals surface area contributed by atoms with Crippen molar-refractivity contribution in [1.29, 1.82) is 5.26 Å². The van der Waals surface area contributed by atoms with E-state index in [-0.39, 0.29) is 12.1 Å². The first-order chi connectivity index (χ1) is 10.1. The number of hydrogen-bond donors (Lipinski definition) is 0. The van der Waals surface area contributed by atoms with E-state index in [0.29, 0.717) is 16.7 Å². The van der Waals surface area contributed by atoms with Gasteiger partial charge in [0.05, 0.1) is 29.3 Å². The van der Waals surface area contributed by atoms with Gasteiger partial charge in [-0.25, -0.2) is 4.39 Å². The maximum Gasteiger partial charge on any atom is 0.261 e. The van der Waals surface area contributed by atoms with Crippen molar-refractivity contribution in [2.24, 2.45) is 0 Å². The molecule has 1 heterocycles. The molecule has 5 heteroatoms. The Hall–Kier alpha value is -3.00. The molecular formula is C16H9FN2O2. The minimum Gasteiger partial charge on any atom is -0.270 e. The van der Waals surface area contributed by atoms with Crippen LogP contribution >= 0.6 is 0 Å². The van der Waals surface area contributed by atoms with Crippen LogP contribution in [0.25, 0.3) is 0 Å². The van der Waals surface area contributed by atoms with Gasteiger partial charge < -0.3 is 0 Å².